The molecule has 1 aliphatic heterocycles. The number of hydrogen-bond donors (Lipinski definition) is 1. The average molecular weight is 321 g/mol. The molecule has 0 saturated carbocycles. The molecular weight excluding hydrogens is 302 g/mol. The fraction of sp³-hybridized carbons (Fsp3) is 0.400. The van der Waals surface area contributed by atoms with Gasteiger partial charge in [-0.05, 0) is 19.1 Å². The molecule has 0 unspecified atom stereocenters. The van der Waals surface area contributed by atoms with Gasteiger partial charge in [-0.2, -0.15) is 5.10 Å². The van der Waals surface area contributed by atoms with E-state index in [9.17, 15) is 8.42 Å². The molecule has 22 heavy (non-hydrogen) atoms. The highest BCUT2D eigenvalue weighted by molar-refractivity contribution is 7.89. The molecule has 0 spiro atoms. The second-order valence-corrected chi connectivity index (χ2v) is 7.12. The van der Waals surface area contributed by atoms with Gasteiger partial charge < -0.3 is 4.74 Å². The maximum Gasteiger partial charge on any atom is 0.240 e. The summed E-state index contributed by atoms with van der Waals surface area (Å²) in [5.74, 6) is 0. The first-order valence-electron chi connectivity index (χ1n) is 7.24. The van der Waals surface area contributed by atoms with E-state index < -0.39 is 10.0 Å². The summed E-state index contributed by atoms with van der Waals surface area (Å²) >= 11 is 0. The molecule has 0 amide bonds. The Balaban J connectivity index is 1.63. The van der Waals surface area contributed by atoms with E-state index in [4.69, 9.17) is 4.74 Å². The molecule has 1 N–H and O–H groups in total. The van der Waals surface area contributed by atoms with Gasteiger partial charge in [0.25, 0.3) is 0 Å². The molecule has 3 rings (SSSR count). The Morgan fingerprint density at radius 1 is 1.32 bits per heavy atom. The SMILES string of the molecule is Cc1ccc(S(=O)(=O)NCCn2ncc3c2CCOC3)cc1. The van der Waals surface area contributed by atoms with Crippen LogP contribution in [-0.2, 0) is 34.3 Å². The molecule has 0 saturated heterocycles. The summed E-state index contributed by atoms with van der Waals surface area (Å²) in [6.07, 6.45) is 2.61. The van der Waals surface area contributed by atoms with Crippen LogP contribution in [0.25, 0.3) is 0 Å². The summed E-state index contributed by atoms with van der Waals surface area (Å²) in [7, 11) is -3.47. The van der Waals surface area contributed by atoms with Gasteiger partial charge in [0.15, 0.2) is 0 Å². The average Bonchev–Trinajstić information content (AvgIpc) is 2.91. The van der Waals surface area contributed by atoms with Crippen molar-refractivity contribution >= 4 is 10.0 Å². The Bertz CT molecular complexity index is 751. The van der Waals surface area contributed by atoms with Crippen LogP contribution in [0.3, 0.4) is 0 Å². The van der Waals surface area contributed by atoms with Crippen molar-refractivity contribution in [2.24, 2.45) is 0 Å². The van der Waals surface area contributed by atoms with Crippen LogP contribution in [0.1, 0.15) is 16.8 Å². The van der Waals surface area contributed by atoms with Gasteiger partial charge >= 0.3 is 0 Å². The summed E-state index contributed by atoms with van der Waals surface area (Å²) in [5, 5.41) is 4.30. The zero-order valence-corrected chi connectivity index (χ0v) is 13.3. The molecule has 0 atom stereocenters. The normalized spacial score (nSPS) is 14.8. The molecule has 0 radical (unpaired) electrons. The van der Waals surface area contributed by atoms with E-state index in [2.05, 4.69) is 9.82 Å². The van der Waals surface area contributed by atoms with Gasteiger partial charge in [-0.1, -0.05) is 17.7 Å². The number of nitrogens with zero attached hydrogens (tertiary/aromatic N) is 2. The van der Waals surface area contributed by atoms with E-state index in [1.165, 1.54) is 0 Å². The van der Waals surface area contributed by atoms with Crippen LogP contribution in [0.15, 0.2) is 35.4 Å². The third-order valence-electron chi connectivity index (χ3n) is 3.72. The number of hydrogen-bond acceptors (Lipinski definition) is 4. The Morgan fingerprint density at radius 3 is 2.86 bits per heavy atom. The Kier molecular flexibility index (Phi) is 4.28. The van der Waals surface area contributed by atoms with Crippen LogP contribution in [0.2, 0.25) is 0 Å². The van der Waals surface area contributed by atoms with Gasteiger partial charge in [0.2, 0.25) is 10.0 Å². The van der Waals surface area contributed by atoms with Crippen molar-refractivity contribution < 1.29 is 13.2 Å². The number of aromatic nitrogens is 2. The molecule has 2 heterocycles. The number of benzene rings is 1. The minimum Gasteiger partial charge on any atom is -0.376 e. The first-order chi connectivity index (χ1) is 10.6. The summed E-state index contributed by atoms with van der Waals surface area (Å²) in [6, 6.07) is 6.81. The van der Waals surface area contributed by atoms with Crippen LogP contribution in [-0.4, -0.2) is 31.3 Å². The van der Waals surface area contributed by atoms with Crippen molar-refractivity contribution in [1.82, 2.24) is 14.5 Å². The lowest BCUT2D eigenvalue weighted by Crippen LogP contribution is -2.28. The van der Waals surface area contributed by atoms with E-state index >= 15 is 0 Å². The van der Waals surface area contributed by atoms with E-state index in [1.807, 2.05) is 11.6 Å². The molecule has 1 aliphatic rings. The summed E-state index contributed by atoms with van der Waals surface area (Å²) in [4.78, 5) is 0.286. The van der Waals surface area contributed by atoms with E-state index in [0.717, 1.165) is 23.2 Å². The van der Waals surface area contributed by atoms with Crippen LogP contribution in [0.4, 0.5) is 0 Å². The second kappa shape index (κ2) is 6.20. The van der Waals surface area contributed by atoms with Gasteiger partial charge in [-0.25, -0.2) is 13.1 Å². The van der Waals surface area contributed by atoms with E-state index in [0.29, 0.717) is 26.3 Å². The molecule has 2 aromatic rings. The fourth-order valence-corrected chi connectivity index (χ4v) is 3.51. The highest BCUT2D eigenvalue weighted by Gasteiger charge is 2.16. The Labute approximate surface area is 130 Å². The molecule has 118 valence electrons. The monoisotopic (exact) mass is 321 g/mol. The molecule has 1 aromatic heterocycles. The highest BCUT2D eigenvalue weighted by atomic mass is 32.2. The van der Waals surface area contributed by atoms with Crippen molar-refractivity contribution in [3.8, 4) is 0 Å². The lowest BCUT2D eigenvalue weighted by atomic mass is 10.2. The Hall–Kier alpha value is -1.70. The van der Waals surface area contributed by atoms with Crippen molar-refractivity contribution in [2.45, 2.75) is 31.4 Å². The van der Waals surface area contributed by atoms with Crippen molar-refractivity contribution in [2.75, 3.05) is 13.2 Å². The third-order valence-corrected chi connectivity index (χ3v) is 5.20. The van der Waals surface area contributed by atoms with Crippen molar-refractivity contribution in [1.29, 1.82) is 0 Å². The molecule has 1 aromatic carbocycles. The quantitative estimate of drug-likeness (QED) is 0.899. The van der Waals surface area contributed by atoms with E-state index in [-0.39, 0.29) is 4.90 Å². The van der Waals surface area contributed by atoms with Crippen LogP contribution >= 0.6 is 0 Å². The lowest BCUT2D eigenvalue weighted by molar-refractivity contribution is 0.109. The van der Waals surface area contributed by atoms with Gasteiger partial charge in [-0.3, -0.25) is 4.68 Å². The van der Waals surface area contributed by atoms with E-state index in [1.54, 1.807) is 30.5 Å². The van der Waals surface area contributed by atoms with Gasteiger partial charge in [0.05, 0.1) is 30.9 Å². The number of nitrogens with one attached hydrogen (secondary N) is 1. The number of ether oxygens (including phenoxy) is 1. The fourth-order valence-electron chi connectivity index (χ4n) is 2.49. The molecule has 0 fully saturated rings. The van der Waals surface area contributed by atoms with Crippen molar-refractivity contribution in [3.05, 3.63) is 47.3 Å². The zero-order valence-electron chi connectivity index (χ0n) is 12.4. The van der Waals surface area contributed by atoms with Crippen LogP contribution < -0.4 is 4.72 Å². The summed E-state index contributed by atoms with van der Waals surface area (Å²) < 4.78 is 34.2. The van der Waals surface area contributed by atoms with Gasteiger partial charge in [-0.15, -0.1) is 0 Å². The summed E-state index contributed by atoms with van der Waals surface area (Å²) in [5.41, 5.74) is 3.26. The number of fused-ring (bicyclic) bond motifs is 1. The van der Waals surface area contributed by atoms with Gasteiger partial charge in [0.1, 0.15) is 0 Å². The molecular formula is C15H19N3O3S. The highest BCUT2D eigenvalue weighted by Crippen LogP contribution is 2.16. The number of rotatable bonds is 5. The lowest BCUT2D eigenvalue weighted by Gasteiger charge is -2.15. The molecule has 6 nitrogen and oxygen atoms in total. The maximum atomic E-state index is 12.2. The predicted molar refractivity (Wildman–Crippen MR) is 82.0 cm³/mol. The molecule has 0 bridgehead atoms. The minimum atomic E-state index is -3.47. The maximum absolute atomic E-state index is 12.2. The molecule has 7 heteroatoms. The Morgan fingerprint density at radius 2 is 2.09 bits per heavy atom. The third kappa shape index (κ3) is 3.21. The standard InChI is InChI=1S/C15H19N3O3S/c1-12-2-4-14(5-3-12)22(19,20)17-7-8-18-15-6-9-21-11-13(15)10-16-18/h2-5,10,17H,6-9,11H2,1H3. The molecule has 0 aliphatic carbocycles. The first-order valence-corrected chi connectivity index (χ1v) is 8.72. The van der Waals surface area contributed by atoms with Crippen molar-refractivity contribution in [3.63, 3.8) is 0 Å². The summed E-state index contributed by atoms with van der Waals surface area (Å²) in [6.45, 7) is 4.03. The minimum absolute atomic E-state index is 0.286. The number of sulfonamides is 1. The topological polar surface area (TPSA) is 73.2 Å². The predicted octanol–water partition coefficient (Wildman–Crippen LogP) is 1.24. The smallest absolute Gasteiger partial charge is 0.240 e. The van der Waals surface area contributed by atoms with Gasteiger partial charge in [0, 0.05) is 24.2 Å². The largest absolute Gasteiger partial charge is 0.376 e. The zero-order chi connectivity index (χ0) is 15.6. The van der Waals surface area contributed by atoms with Crippen LogP contribution in [0, 0.1) is 6.92 Å². The second-order valence-electron chi connectivity index (χ2n) is 5.35. The first kappa shape index (κ1) is 15.2. The van der Waals surface area contributed by atoms with Crippen LogP contribution in [0.5, 0.6) is 0 Å². The number of aryl methyl sites for hydroxylation is 1.